The van der Waals surface area contributed by atoms with Gasteiger partial charge in [-0.3, -0.25) is 0 Å². The lowest BCUT2D eigenvalue weighted by Crippen LogP contribution is -1.75. The number of hydrogen-bond donors (Lipinski definition) is 0. The molecule has 0 fully saturated rings. The molecule has 0 saturated heterocycles. The Hall–Kier alpha value is 0.620. The summed E-state index contributed by atoms with van der Waals surface area (Å²) in [5.74, 6) is 0. The topological polar surface area (TPSA) is 18.5 Å². The molecule has 0 aromatic carbocycles. The van der Waals surface area contributed by atoms with E-state index in [9.17, 15) is 0 Å². The van der Waals surface area contributed by atoms with Gasteiger partial charge in [0.1, 0.15) is 0 Å². The molecule has 4 heteroatoms. The fraction of sp³-hybridized carbons (Fsp3) is 1.00. The van der Waals surface area contributed by atoms with Crippen LogP contribution in [0.3, 0.4) is 0 Å². The molecule has 0 unspecified atom stereocenters. The van der Waals surface area contributed by atoms with E-state index in [4.69, 9.17) is 8.37 Å². The van der Waals surface area contributed by atoms with Crippen molar-refractivity contribution >= 4 is 22.1 Å². The predicted octanol–water partition coefficient (Wildman–Crippen LogP) is 2.27. The lowest BCUT2D eigenvalue weighted by molar-refractivity contribution is 0.394. The van der Waals surface area contributed by atoms with Crippen molar-refractivity contribution in [3.05, 3.63) is 0 Å². The van der Waals surface area contributed by atoms with E-state index < -0.39 is 0 Å². The van der Waals surface area contributed by atoms with Crippen molar-refractivity contribution in [2.24, 2.45) is 0 Å². The molecule has 0 aliphatic carbocycles. The van der Waals surface area contributed by atoms with Crippen LogP contribution < -0.4 is 0 Å². The molecular formula is C4H10O2S2. The summed E-state index contributed by atoms with van der Waals surface area (Å²) < 4.78 is 9.78. The molecule has 0 rings (SSSR count). The quantitative estimate of drug-likeness (QED) is 0.343. The molecule has 0 saturated carbocycles. The summed E-state index contributed by atoms with van der Waals surface area (Å²) in [4.78, 5) is 0. The third-order valence-corrected chi connectivity index (χ3v) is 1.82. The van der Waals surface area contributed by atoms with Crippen molar-refractivity contribution in [2.75, 3.05) is 13.2 Å². The fourth-order valence-electron chi connectivity index (χ4n) is 0.136. The largest absolute Gasteiger partial charge is 0.304 e. The molecule has 0 N–H and O–H groups in total. The molecule has 0 aliphatic rings. The van der Waals surface area contributed by atoms with E-state index >= 15 is 0 Å². The van der Waals surface area contributed by atoms with Gasteiger partial charge in [-0.05, 0) is 13.8 Å². The molecule has 0 aliphatic heterocycles. The average Bonchev–Trinajstić information content (AvgIpc) is 1.81. The van der Waals surface area contributed by atoms with Crippen molar-refractivity contribution in [1.82, 2.24) is 0 Å². The number of hydrogen-bond acceptors (Lipinski definition) is 4. The molecule has 2 nitrogen and oxygen atoms in total. The first-order valence-corrected chi connectivity index (χ1v) is 4.49. The van der Waals surface area contributed by atoms with Gasteiger partial charge >= 0.3 is 0 Å². The highest BCUT2D eigenvalue weighted by Crippen LogP contribution is 2.22. The lowest BCUT2D eigenvalue weighted by atomic mass is 10.9. The Labute approximate surface area is 58.1 Å². The molecule has 0 radical (unpaired) electrons. The van der Waals surface area contributed by atoms with Crippen LogP contribution >= 0.6 is 22.1 Å². The van der Waals surface area contributed by atoms with Gasteiger partial charge < -0.3 is 8.37 Å². The zero-order valence-electron chi connectivity index (χ0n) is 5.05. The monoisotopic (exact) mass is 154 g/mol. The zero-order chi connectivity index (χ0) is 6.24. The van der Waals surface area contributed by atoms with Crippen LogP contribution in [-0.4, -0.2) is 13.2 Å². The van der Waals surface area contributed by atoms with Crippen molar-refractivity contribution in [3.63, 3.8) is 0 Å². The standard InChI is InChI=1S/C4H10O2S2/c1-3-5-7-8-6-4-2/h3-4H2,1-2H3. The van der Waals surface area contributed by atoms with Crippen LogP contribution in [0.5, 0.6) is 0 Å². The summed E-state index contributed by atoms with van der Waals surface area (Å²) in [5.41, 5.74) is 0. The summed E-state index contributed by atoms with van der Waals surface area (Å²) in [7, 11) is 0. The SMILES string of the molecule is CCOSSOCC. The summed E-state index contributed by atoms with van der Waals surface area (Å²) in [6.07, 6.45) is 0. The van der Waals surface area contributed by atoms with E-state index in [0.717, 1.165) is 13.2 Å². The Kier molecular flexibility index (Phi) is 8.21. The molecule has 0 amide bonds. The smallest absolute Gasteiger partial charge is 0.0925 e. The zero-order valence-corrected chi connectivity index (χ0v) is 6.68. The maximum Gasteiger partial charge on any atom is 0.0925 e. The van der Waals surface area contributed by atoms with Crippen molar-refractivity contribution in [2.45, 2.75) is 13.8 Å². The van der Waals surface area contributed by atoms with E-state index in [1.54, 1.807) is 0 Å². The van der Waals surface area contributed by atoms with Gasteiger partial charge in [-0.2, -0.15) is 0 Å². The second kappa shape index (κ2) is 7.62. The van der Waals surface area contributed by atoms with Crippen LogP contribution in [0.25, 0.3) is 0 Å². The maximum absolute atomic E-state index is 4.89. The highest BCUT2D eigenvalue weighted by Gasteiger charge is 1.84. The first-order valence-electron chi connectivity index (χ1n) is 2.49. The molecule has 50 valence electrons. The van der Waals surface area contributed by atoms with Gasteiger partial charge in [0.05, 0.1) is 35.4 Å². The minimum absolute atomic E-state index is 0.727. The molecule has 0 bridgehead atoms. The molecule has 0 spiro atoms. The molecule has 0 aromatic rings. The summed E-state index contributed by atoms with van der Waals surface area (Å²) in [6.45, 7) is 5.34. The Morgan fingerprint density at radius 3 is 1.62 bits per heavy atom. The normalized spacial score (nSPS) is 9.75. The Bertz CT molecular complexity index is 37.0. The van der Waals surface area contributed by atoms with E-state index in [1.165, 1.54) is 22.1 Å². The van der Waals surface area contributed by atoms with Crippen LogP contribution in [0.2, 0.25) is 0 Å². The average molecular weight is 154 g/mol. The summed E-state index contributed by atoms with van der Waals surface area (Å²) in [6, 6.07) is 0. The molecule has 0 atom stereocenters. The minimum atomic E-state index is 0.727. The van der Waals surface area contributed by atoms with E-state index in [0.29, 0.717) is 0 Å². The van der Waals surface area contributed by atoms with Crippen LogP contribution in [-0.2, 0) is 8.37 Å². The van der Waals surface area contributed by atoms with Crippen molar-refractivity contribution < 1.29 is 8.37 Å². The Balaban J connectivity index is 2.53. The van der Waals surface area contributed by atoms with E-state index in [1.807, 2.05) is 13.8 Å². The van der Waals surface area contributed by atoms with E-state index in [-0.39, 0.29) is 0 Å². The first kappa shape index (κ1) is 8.62. The molecule has 0 heterocycles. The second-order valence-corrected chi connectivity index (χ2v) is 2.51. The molecule has 0 aromatic heterocycles. The Morgan fingerprint density at radius 2 is 1.38 bits per heavy atom. The third kappa shape index (κ3) is 6.62. The van der Waals surface area contributed by atoms with Gasteiger partial charge in [0, 0.05) is 0 Å². The lowest BCUT2D eigenvalue weighted by Gasteiger charge is -1.94. The second-order valence-electron chi connectivity index (χ2n) is 0.949. The van der Waals surface area contributed by atoms with Crippen molar-refractivity contribution in [1.29, 1.82) is 0 Å². The van der Waals surface area contributed by atoms with Gasteiger partial charge in [-0.15, -0.1) is 0 Å². The third-order valence-electron chi connectivity index (χ3n) is 0.360. The number of rotatable bonds is 5. The highest BCUT2D eigenvalue weighted by atomic mass is 33.1. The first-order chi connectivity index (χ1) is 3.91. The maximum atomic E-state index is 4.89. The summed E-state index contributed by atoms with van der Waals surface area (Å²) in [5, 5.41) is 0. The van der Waals surface area contributed by atoms with E-state index in [2.05, 4.69) is 0 Å². The van der Waals surface area contributed by atoms with Gasteiger partial charge in [-0.1, -0.05) is 0 Å². The van der Waals surface area contributed by atoms with Crippen molar-refractivity contribution in [3.8, 4) is 0 Å². The fourth-order valence-corrected chi connectivity index (χ4v) is 1.22. The van der Waals surface area contributed by atoms with Gasteiger partial charge in [0.25, 0.3) is 0 Å². The predicted molar refractivity (Wildman–Crippen MR) is 38.4 cm³/mol. The molecular weight excluding hydrogens is 144 g/mol. The highest BCUT2D eigenvalue weighted by molar-refractivity contribution is 8.73. The van der Waals surface area contributed by atoms with Crippen LogP contribution in [0.15, 0.2) is 0 Å². The van der Waals surface area contributed by atoms with Gasteiger partial charge in [-0.25, -0.2) is 0 Å². The minimum Gasteiger partial charge on any atom is -0.304 e. The van der Waals surface area contributed by atoms with Crippen LogP contribution in [0.1, 0.15) is 13.8 Å². The molecule has 8 heavy (non-hydrogen) atoms. The van der Waals surface area contributed by atoms with Gasteiger partial charge in [0.15, 0.2) is 0 Å². The van der Waals surface area contributed by atoms with Crippen LogP contribution in [0, 0.1) is 0 Å². The van der Waals surface area contributed by atoms with Gasteiger partial charge in [0.2, 0.25) is 0 Å². The van der Waals surface area contributed by atoms with Crippen LogP contribution in [0.4, 0.5) is 0 Å². The summed E-state index contributed by atoms with van der Waals surface area (Å²) >= 11 is 2.54. The Morgan fingerprint density at radius 1 is 1.00 bits per heavy atom.